The molecule has 17 heavy (non-hydrogen) atoms. The van der Waals surface area contributed by atoms with Gasteiger partial charge in [-0.3, -0.25) is 0 Å². The SMILES string of the molecule is CCNc1nc(NCCN(C)C)c(Cl)cc1Cl. The number of rotatable bonds is 6. The number of hydrogen-bond donors (Lipinski definition) is 2. The Labute approximate surface area is 112 Å². The molecule has 0 aliphatic rings. The van der Waals surface area contributed by atoms with Crippen LogP contribution in [0.3, 0.4) is 0 Å². The fourth-order valence-corrected chi connectivity index (χ4v) is 1.77. The van der Waals surface area contributed by atoms with E-state index in [1.165, 1.54) is 0 Å². The molecule has 1 aromatic rings. The normalized spacial score (nSPS) is 10.7. The summed E-state index contributed by atoms with van der Waals surface area (Å²) < 4.78 is 0. The highest BCUT2D eigenvalue weighted by Gasteiger charge is 2.08. The molecule has 6 heteroatoms. The maximum atomic E-state index is 6.07. The van der Waals surface area contributed by atoms with Gasteiger partial charge in [-0.2, -0.15) is 0 Å². The van der Waals surface area contributed by atoms with E-state index in [4.69, 9.17) is 23.2 Å². The third kappa shape index (κ3) is 4.58. The third-order valence-corrected chi connectivity index (χ3v) is 2.70. The number of nitrogens with one attached hydrogen (secondary N) is 2. The lowest BCUT2D eigenvalue weighted by Crippen LogP contribution is -2.21. The standard InChI is InChI=1S/C11H18Cl2N4/c1-4-14-10-8(12)7-9(13)11(16-10)15-5-6-17(2)3/h7H,4-6H2,1-3H3,(H2,14,15,16). The molecule has 0 spiro atoms. The van der Waals surface area contributed by atoms with E-state index in [0.717, 1.165) is 19.6 Å². The zero-order valence-corrected chi connectivity index (χ0v) is 11.9. The highest BCUT2D eigenvalue weighted by molar-refractivity contribution is 6.37. The summed E-state index contributed by atoms with van der Waals surface area (Å²) >= 11 is 12.1. The van der Waals surface area contributed by atoms with Crippen LogP contribution >= 0.6 is 23.2 Å². The molecule has 0 fully saturated rings. The van der Waals surface area contributed by atoms with Gasteiger partial charge in [-0.1, -0.05) is 23.2 Å². The van der Waals surface area contributed by atoms with Crippen LogP contribution in [0.4, 0.5) is 11.6 Å². The summed E-state index contributed by atoms with van der Waals surface area (Å²) in [6.07, 6.45) is 0. The smallest absolute Gasteiger partial charge is 0.147 e. The lowest BCUT2D eigenvalue weighted by atomic mass is 10.4. The summed E-state index contributed by atoms with van der Waals surface area (Å²) in [4.78, 5) is 6.44. The van der Waals surface area contributed by atoms with Crippen molar-refractivity contribution in [3.05, 3.63) is 16.1 Å². The van der Waals surface area contributed by atoms with Gasteiger partial charge in [0.15, 0.2) is 0 Å². The lowest BCUT2D eigenvalue weighted by molar-refractivity contribution is 0.425. The van der Waals surface area contributed by atoms with Crippen molar-refractivity contribution < 1.29 is 0 Å². The Hall–Kier alpha value is -0.710. The van der Waals surface area contributed by atoms with E-state index in [1.54, 1.807) is 6.07 Å². The van der Waals surface area contributed by atoms with E-state index in [1.807, 2.05) is 21.0 Å². The van der Waals surface area contributed by atoms with Gasteiger partial charge >= 0.3 is 0 Å². The van der Waals surface area contributed by atoms with Crippen LogP contribution < -0.4 is 10.6 Å². The Kier molecular flexibility index (Phi) is 5.82. The number of likely N-dealkylation sites (N-methyl/N-ethyl adjacent to an activating group) is 1. The Morgan fingerprint density at radius 3 is 2.29 bits per heavy atom. The van der Waals surface area contributed by atoms with Gasteiger partial charge in [-0.05, 0) is 27.1 Å². The average Bonchev–Trinajstić information content (AvgIpc) is 2.24. The minimum Gasteiger partial charge on any atom is -0.369 e. The van der Waals surface area contributed by atoms with Crippen LogP contribution in [0.2, 0.25) is 10.0 Å². The highest BCUT2D eigenvalue weighted by atomic mass is 35.5. The summed E-state index contributed by atoms with van der Waals surface area (Å²) in [5.41, 5.74) is 0. The van der Waals surface area contributed by atoms with Crippen LogP contribution in [-0.2, 0) is 0 Å². The maximum Gasteiger partial charge on any atom is 0.147 e. The van der Waals surface area contributed by atoms with E-state index in [-0.39, 0.29) is 0 Å². The van der Waals surface area contributed by atoms with Crippen LogP contribution in [-0.4, -0.2) is 43.6 Å². The second-order valence-electron chi connectivity index (χ2n) is 3.91. The molecule has 0 bridgehead atoms. The van der Waals surface area contributed by atoms with E-state index in [9.17, 15) is 0 Å². The molecule has 0 radical (unpaired) electrons. The van der Waals surface area contributed by atoms with Crippen LogP contribution in [0.1, 0.15) is 6.92 Å². The summed E-state index contributed by atoms with van der Waals surface area (Å²) in [5.74, 6) is 1.32. The van der Waals surface area contributed by atoms with E-state index in [0.29, 0.717) is 21.7 Å². The molecule has 0 saturated carbocycles. The Bertz CT molecular complexity index is 369. The molecule has 1 aromatic heterocycles. The number of nitrogens with zero attached hydrogens (tertiary/aromatic N) is 2. The van der Waals surface area contributed by atoms with Crippen LogP contribution in [0.5, 0.6) is 0 Å². The van der Waals surface area contributed by atoms with Gasteiger partial charge in [0.05, 0.1) is 10.0 Å². The molecule has 1 heterocycles. The van der Waals surface area contributed by atoms with E-state index >= 15 is 0 Å². The fraction of sp³-hybridized carbons (Fsp3) is 0.545. The summed E-state index contributed by atoms with van der Waals surface area (Å²) in [6.45, 7) is 4.46. The first-order valence-corrected chi connectivity index (χ1v) is 6.28. The molecular weight excluding hydrogens is 259 g/mol. The van der Waals surface area contributed by atoms with Crippen LogP contribution in [0.25, 0.3) is 0 Å². The number of hydrogen-bond acceptors (Lipinski definition) is 4. The zero-order chi connectivity index (χ0) is 12.8. The van der Waals surface area contributed by atoms with Crippen molar-refractivity contribution in [2.45, 2.75) is 6.92 Å². The van der Waals surface area contributed by atoms with Crippen molar-refractivity contribution in [3.63, 3.8) is 0 Å². The number of halogens is 2. The van der Waals surface area contributed by atoms with Crippen molar-refractivity contribution in [1.82, 2.24) is 9.88 Å². The molecule has 0 unspecified atom stereocenters. The molecule has 0 aliphatic carbocycles. The van der Waals surface area contributed by atoms with Gasteiger partial charge in [-0.25, -0.2) is 4.98 Å². The highest BCUT2D eigenvalue weighted by Crippen LogP contribution is 2.28. The zero-order valence-electron chi connectivity index (χ0n) is 10.3. The average molecular weight is 277 g/mol. The van der Waals surface area contributed by atoms with Gasteiger partial charge in [0.2, 0.25) is 0 Å². The maximum absolute atomic E-state index is 6.07. The van der Waals surface area contributed by atoms with Crippen molar-refractivity contribution in [2.75, 3.05) is 44.4 Å². The number of pyridine rings is 1. The van der Waals surface area contributed by atoms with Crippen molar-refractivity contribution in [1.29, 1.82) is 0 Å². The van der Waals surface area contributed by atoms with Crippen LogP contribution in [0, 0.1) is 0 Å². The molecule has 0 amide bonds. The molecule has 2 N–H and O–H groups in total. The molecule has 0 saturated heterocycles. The van der Waals surface area contributed by atoms with Gasteiger partial charge in [0.1, 0.15) is 11.6 Å². The Balaban J connectivity index is 2.73. The van der Waals surface area contributed by atoms with Gasteiger partial charge < -0.3 is 15.5 Å². The molecular formula is C11H18Cl2N4. The van der Waals surface area contributed by atoms with Crippen molar-refractivity contribution >= 4 is 34.8 Å². The second kappa shape index (κ2) is 6.89. The monoisotopic (exact) mass is 276 g/mol. The molecule has 1 rings (SSSR count). The first kappa shape index (κ1) is 14.4. The first-order chi connectivity index (χ1) is 8.04. The van der Waals surface area contributed by atoms with E-state index < -0.39 is 0 Å². The second-order valence-corrected chi connectivity index (χ2v) is 4.72. The Morgan fingerprint density at radius 1 is 1.18 bits per heavy atom. The predicted octanol–water partition coefficient (Wildman–Crippen LogP) is 2.79. The minimum atomic E-state index is 0.537. The van der Waals surface area contributed by atoms with Crippen molar-refractivity contribution in [3.8, 4) is 0 Å². The molecule has 0 atom stereocenters. The molecule has 0 aromatic carbocycles. The third-order valence-electron chi connectivity index (χ3n) is 2.13. The lowest BCUT2D eigenvalue weighted by Gasteiger charge is -2.13. The summed E-state index contributed by atoms with van der Waals surface area (Å²) in [5, 5.41) is 7.35. The largest absolute Gasteiger partial charge is 0.369 e. The topological polar surface area (TPSA) is 40.2 Å². The van der Waals surface area contributed by atoms with Crippen LogP contribution in [0.15, 0.2) is 6.07 Å². The van der Waals surface area contributed by atoms with Gasteiger partial charge in [0.25, 0.3) is 0 Å². The number of anilines is 2. The predicted molar refractivity (Wildman–Crippen MR) is 75.5 cm³/mol. The van der Waals surface area contributed by atoms with Gasteiger partial charge in [-0.15, -0.1) is 0 Å². The molecule has 96 valence electrons. The minimum absolute atomic E-state index is 0.537. The summed E-state index contributed by atoms with van der Waals surface area (Å²) in [7, 11) is 4.03. The Morgan fingerprint density at radius 2 is 1.76 bits per heavy atom. The molecule has 4 nitrogen and oxygen atoms in total. The quantitative estimate of drug-likeness (QED) is 0.839. The number of aromatic nitrogens is 1. The summed E-state index contributed by atoms with van der Waals surface area (Å²) in [6, 6.07) is 1.70. The molecule has 0 aliphatic heterocycles. The first-order valence-electron chi connectivity index (χ1n) is 5.53. The van der Waals surface area contributed by atoms with Crippen molar-refractivity contribution in [2.24, 2.45) is 0 Å². The van der Waals surface area contributed by atoms with E-state index in [2.05, 4.69) is 20.5 Å². The fourth-order valence-electron chi connectivity index (χ4n) is 1.28. The van der Waals surface area contributed by atoms with Gasteiger partial charge in [0, 0.05) is 19.6 Å².